The smallest absolute Gasteiger partial charge is 0.310 e. The molecule has 110 valence electrons. The van der Waals surface area contributed by atoms with Crippen LogP contribution in [0.5, 0.6) is 0 Å². The number of halogens is 2. The number of carboxylic acid groups (broad SMARTS) is 1. The van der Waals surface area contributed by atoms with E-state index >= 15 is 0 Å². The number of rotatable bonds is 5. The molecule has 0 spiro atoms. The molecule has 0 aliphatic carbocycles. The SMILES string of the molecule is CCN(Cc1ccc(Cl)cc1Cl)C1COCC1C(=O)O. The van der Waals surface area contributed by atoms with Crippen LogP contribution in [0.4, 0.5) is 0 Å². The van der Waals surface area contributed by atoms with Crippen LogP contribution in [0.25, 0.3) is 0 Å². The Morgan fingerprint density at radius 3 is 2.80 bits per heavy atom. The summed E-state index contributed by atoms with van der Waals surface area (Å²) in [5.41, 5.74) is 0.939. The minimum Gasteiger partial charge on any atom is -0.481 e. The molecular weight excluding hydrogens is 301 g/mol. The molecule has 1 aliphatic rings. The molecule has 0 radical (unpaired) electrons. The second-order valence-electron chi connectivity index (χ2n) is 4.85. The van der Waals surface area contributed by atoms with Gasteiger partial charge in [-0.05, 0) is 24.2 Å². The van der Waals surface area contributed by atoms with Gasteiger partial charge < -0.3 is 9.84 Å². The summed E-state index contributed by atoms with van der Waals surface area (Å²) in [4.78, 5) is 13.3. The van der Waals surface area contributed by atoms with Crippen LogP contribution < -0.4 is 0 Å². The van der Waals surface area contributed by atoms with Crippen LogP contribution in [0.15, 0.2) is 18.2 Å². The lowest BCUT2D eigenvalue weighted by Gasteiger charge is -2.29. The molecule has 0 bridgehead atoms. The van der Waals surface area contributed by atoms with Gasteiger partial charge >= 0.3 is 5.97 Å². The predicted octanol–water partition coefficient (Wildman–Crippen LogP) is 2.91. The van der Waals surface area contributed by atoms with Crippen molar-refractivity contribution in [3.05, 3.63) is 33.8 Å². The van der Waals surface area contributed by atoms with E-state index in [9.17, 15) is 9.90 Å². The Bertz CT molecular complexity index is 495. The summed E-state index contributed by atoms with van der Waals surface area (Å²) in [5.74, 6) is -1.30. The summed E-state index contributed by atoms with van der Waals surface area (Å²) in [6, 6.07) is 5.24. The van der Waals surface area contributed by atoms with Crippen LogP contribution >= 0.6 is 23.2 Å². The van der Waals surface area contributed by atoms with E-state index in [2.05, 4.69) is 4.90 Å². The molecule has 1 aromatic rings. The van der Waals surface area contributed by atoms with Crippen molar-refractivity contribution in [2.45, 2.75) is 19.5 Å². The highest BCUT2D eigenvalue weighted by Crippen LogP contribution is 2.26. The third kappa shape index (κ3) is 3.44. The van der Waals surface area contributed by atoms with Crippen LogP contribution in [0.2, 0.25) is 10.0 Å². The van der Waals surface area contributed by atoms with Crippen LogP contribution in [0.3, 0.4) is 0 Å². The van der Waals surface area contributed by atoms with Gasteiger partial charge in [-0.15, -0.1) is 0 Å². The van der Waals surface area contributed by atoms with Crippen LogP contribution in [-0.4, -0.2) is 41.8 Å². The average Bonchev–Trinajstić information content (AvgIpc) is 2.87. The minimum atomic E-state index is -0.812. The fraction of sp³-hybridized carbons (Fsp3) is 0.500. The standard InChI is InChI=1S/C14H17Cl2NO3/c1-2-17(13-8-20-7-11(13)14(18)19)6-9-3-4-10(15)5-12(9)16/h3-5,11,13H,2,6-8H2,1H3,(H,18,19). The third-order valence-corrected chi connectivity index (χ3v) is 4.22. The fourth-order valence-electron chi connectivity index (χ4n) is 2.47. The highest BCUT2D eigenvalue weighted by Gasteiger charge is 2.37. The highest BCUT2D eigenvalue weighted by molar-refractivity contribution is 6.35. The molecule has 2 rings (SSSR count). The first-order chi connectivity index (χ1) is 9.52. The van der Waals surface area contributed by atoms with Crippen LogP contribution in [0, 0.1) is 5.92 Å². The molecule has 1 aromatic carbocycles. The van der Waals surface area contributed by atoms with Gasteiger partial charge in [0.25, 0.3) is 0 Å². The number of hydrogen-bond donors (Lipinski definition) is 1. The van der Waals surface area contributed by atoms with Gasteiger partial charge in [0, 0.05) is 22.6 Å². The largest absolute Gasteiger partial charge is 0.481 e. The van der Waals surface area contributed by atoms with Gasteiger partial charge in [0.15, 0.2) is 0 Å². The number of carbonyl (C=O) groups is 1. The summed E-state index contributed by atoms with van der Waals surface area (Å²) in [6.45, 7) is 4.03. The monoisotopic (exact) mass is 317 g/mol. The third-order valence-electron chi connectivity index (χ3n) is 3.63. The zero-order valence-electron chi connectivity index (χ0n) is 11.2. The zero-order chi connectivity index (χ0) is 14.7. The maximum Gasteiger partial charge on any atom is 0.310 e. The Morgan fingerprint density at radius 2 is 2.20 bits per heavy atom. The van der Waals surface area contributed by atoms with Crippen molar-refractivity contribution in [2.75, 3.05) is 19.8 Å². The second kappa shape index (κ2) is 6.76. The number of carboxylic acids is 1. The molecule has 20 heavy (non-hydrogen) atoms. The first-order valence-corrected chi connectivity index (χ1v) is 7.27. The van der Waals surface area contributed by atoms with Gasteiger partial charge in [0.05, 0.1) is 19.1 Å². The summed E-state index contributed by atoms with van der Waals surface area (Å²) < 4.78 is 5.32. The summed E-state index contributed by atoms with van der Waals surface area (Å²) in [6.07, 6.45) is 0. The molecule has 0 amide bonds. The van der Waals surface area contributed by atoms with Crippen molar-refractivity contribution in [3.63, 3.8) is 0 Å². The molecule has 2 atom stereocenters. The van der Waals surface area contributed by atoms with Crippen molar-refractivity contribution < 1.29 is 14.6 Å². The van der Waals surface area contributed by atoms with Gasteiger partial charge in [-0.3, -0.25) is 9.69 Å². The average molecular weight is 318 g/mol. The Labute approximate surface area is 128 Å². The predicted molar refractivity (Wildman–Crippen MR) is 78.3 cm³/mol. The molecule has 1 saturated heterocycles. The van der Waals surface area contributed by atoms with E-state index in [1.165, 1.54) is 0 Å². The molecule has 0 saturated carbocycles. The van der Waals surface area contributed by atoms with Gasteiger partial charge in [-0.1, -0.05) is 36.2 Å². The number of likely N-dealkylation sites (N-methyl/N-ethyl adjacent to an activating group) is 1. The summed E-state index contributed by atoms with van der Waals surface area (Å²) in [5, 5.41) is 10.4. The molecule has 4 nitrogen and oxygen atoms in total. The Kier molecular flexibility index (Phi) is 5.27. The van der Waals surface area contributed by atoms with Gasteiger partial charge in [0.2, 0.25) is 0 Å². The lowest BCUT2D eigenvalue weighted by Crippen LogP contribution is -2.42. The molecule has 6 heteroatoms. The number of nitrogens with zero attached hydrogens (tertiary/aromatic N) is 1. The topological polar surface area (TPSA) is 49.8 Å². The number of hydrogen-bond acceptors (Lipinski definition) is 3. The van der Waals surface area contributed by atoms with Crippen molar-refractivity contribution >= 4 is 29.2 Å². The first-order valence-electron chi connectivity index (χ1n) is 6.51. The maximum absolute atomic E-state index is 11.2. The quantitative estimate of drug-likeness (QED) is 0.907. The summed E-state index contributed by atoms with van der Waals surface area (Å²) >= 11 is 12.1. The van der Waals surface area contributed by atoms with Crippen molar-refractivity contribution in [3.8, 4) is 0 Å². The minimum absolute atomic E-state index is 0.121. The van der Waals surface area contributed by atoms with E-state index in [1.807, 2.05) is 13.0 Å². The fourth-order valence-corrected chi connectivity index (χ4v) is 2.94. The molecule has 2 unspecified atom stereocenters. The zero-order valence-corrected chi connectivity index (χ0v) is 12.7. The van der Waals surface area contributed by atoms with Gasteiger partial charge in [-0.25, -0.2) is 0 Å². The molecule has 1 fully saturated rings. The molecule has 0 aromatic heterocycles. The summed E-state index contributed by atoms with van der Waals surface area (Å²) in [7, 11) is 0. The van der Waals surface area contributed by atoms with Crippen LogP contribution in [-0.2, 0) is 16.1 Å². The first kappa shape index (κ1) is 15.6. The maximum atomic E-state index is 11.2. The van der Waals surface area contributed by atoms with E-state index in [0.29, 0.717) is 23.2 Å². The number of aliphatic carboxylic acids is 1. The Hall–Kier alpha value is -0.810. The lowest BCUT2D eigenvalue weighted by atomic mass is 10.0. The second-order valence-corrected chi connectivity index (χ2v) is 5.69. The molecular formula is C14H17Cl2NO3. The van der Waals surface area contributed by atoms with Crippen molar-refractivity contribution in [1.29, 1.82) is 0 Å². The molecule has 1 heterocycles. The van der Waals surface area contributed by atoms with Crippen molar-refractivity contribution in [1.82, 2.24) is 4.90 Å². The normalized spacial score (nSPS) is 22.4. The number of ether oxygens (including phenoxy) is 1. The highest BCUT2D eigenvalue weighted by atomic mass is 35.5. The van der Waals surface area contributed by atoms with E-state index < -0.39 is 11.9 Å². The number of benzene rings is 1. The van der Waals surface area contributed by atoms with E-state index in [-0.39, 0.29) is 12.6 Å². The lowest BCUT2D eigenvalue weighted by molar-refractivity contribution is -0.143. The van der Waals surface area contributed by atoms with Gasteiger partial charge in [-0.2, -0.15) is 0 Å². The Morgan fingerprint density at radius 1 is 1.45 bits per heavy atom. The van der Waals surface area contributed by atoms with E-state index in [1.54, 1.807) is 12.1 Å². The Balaban J connectivity index is 2.14. The van der Waals surface area contributed by atoms with E-state index in [4.69, 9.17) is 27.9 Å². The molecule has 1 aliphatic heterocycles. The van der Waals surface area contributed by atoms with Gasteiger partial charge in [0.1, 0.15) is 0 Å². The van der Waals surface area contributed by atoms with Crippen molar-refractivity contribution in [2.24, 2.45) is 5.92 Å². The van der Waals surface area contributed by atoms with Crippen LogP contribution in [0.1, 0.15) is 12.5 Å². The van der Waals surface area contributed by atoms with E-state index in [0.717, 1.165) is 12.1 Å². The molecule has 1 N–H and O–H groups in total.